The van der Waals surface area contributed by atoms with Crippen LogP contribution in [0.15, 0.2) is 42.5 Å². The fraction of sp³-hybridized carbons (Fsp3) is 0.250. The van der Waals surface area contributed by atoms with Gasteiger partial charge in [-0.25, -0.2) is 0 Å². The van der Waals surface area contributed by atoms with E-state index in [0.717, 1.165) is 22.6 Å². The van der Waals surface area contributed by atoms with Gasteiger partial charge >= 0.3 is 0 Å². The molecule has 0 aromatic heterocycles. The maximum Gasteiger partial charge on any atom is 0.161 e. The van der Waals surface area contributed by atoms with E-state index in [1.54, 1.807) is 14.2 Å². The molecule has 0 bridgehead atoms. The molecule has 1 atom stereocenters. The molecule has 114 valence electrons. The fourth-order valence-electron chi connectivity index (χ4n) is 2.12. The van der Waals surface area contributed by atoms with Crippen molar-refractivity contribution < 1.29 is 9.47 Å². The van der Waals surface area contributed by atoms with Crippen molar-refractivity contribution in [1.29, 1.82) is 0 Å². The van der Waals surface area contributed by atoms with Gasteiger partial charge in [0.2, 0.25) is 0 Å². The molecule has 0 amide bonds. The fourth-order valence-corrected chi connectivity index (χ4v) is 2.33. The first kappa shape index (κ1) is 17.6. The van der Waals surface area contributed by atoms with Gasteiger partial charge in [0.15, 0.2) is 11.5 Å². The quantitative estimate of drug-likeness (QED) is 0.901. The van der Waals surface area contributed by atoms with Gasteiger partial charge < -0.3 is 15.2 Å². The van der Waals surface area contributed by atoms with Gasteiger partial charge in [-0.1, -0.05) is 29.8 Å². The Morgan fingerprint density at radius 2 is 1.76 bits per heavy atom. The van der Waals surface area contributed by atoms with E-state index in [9.17, 15) is 0 Å². The molecule has 0 spiro atoms. The van der Waals surface area contributed by atoms with Crippen LogP contribution in [0, 0.1) is 0 Å². The summed E-state index contributed by atoms with van der Waals surface area (Å²) in [5.41, 5.74) is 8.37. The van der Waals surface area contributed by atoms with Crippen LogP contribution in [0.25, 0.3) is 0 Å². The lowest BCUT2D eigenvalue weighted by Gasteiger charge is -2.15. The minimum atomic E-state index is -0.117. The topological polar surface area (TPSA) is 44.5 Å². The van der Waals surface area contributed by atoms with Crippen LogP contribution in [0.1, 0.15) is 17.2 Å². The molecule has 0 aliphatic carbocycles. The highest BCUT2D eigenvalue weighted by molar-refractivity contribution is 6.30. The van der Waals surface area contributed by atoms with E-state index in [1.807, 2.05) is 42.5 Å². The van der Waals surface area contributed by atoms with Gasteiger partial charge in [0.05, 0.1) is 14.2 Å². The Balaban J connectivity index is 0.00000220. The van der Waals surface area contributed by atoms with Crippen LogP contribution in [0.2, 0.25) is 5.02 Å². The van der Waals surface area contributed by atoms with Crippen molar-refractivity contribution in [2.45, 2.75) is 12.5 Å². The van der Waals surface area contributed by atoms with Gasteiger partial charge in [-0.2, -0.15) is 0 Å². The maximum atomic E-state index is 6.25. The van der Waals surface area contributed by atoms with Gasteiger partial charge in [0.1, 0.15) is 0 Å². The van der Waals surface area contributed by atoms with Gasteiger partial charge in [-0.15, -0.1) is 12.4 Å². The Morgan fingerprint density at radius 1 is 1.05 bits per heavy atom. The van der Waals surface area contributed by atoms with E-state index in [-0.39, 0.29) is 18.4 Å². The highest BCUT2D eigenvalue weighted by Crippen LogP contribution is 2.30. The molecule has 21 heavy (non-hydrogen) atoms. The third kappa shape index (κ3) is 4.53. The van der Waals surface area contributed by atoms with Crippen molar-refractivity contribution in [1.82, 2.24) is 0 Å². The predicted molar refractivity (Wildman–Crippen MR) is 88.9 cm³/mol. The zero-order valence-corrected chi connectivity index (χ0v) is 13.6. The summed E-state index contributed by atoms with van der Waals surface area (Å²) in [6.45, 7) is 0. The largest absolute Gasteiger partial charge is 0.493 e. The molecule has 2 rings (SSSR count). The highest BCUT2D eigenvalue weighted by Gasteiger charge is 2.11. The second kappa shape index (κ2) is 8.13. The lowest BCUT2D eigenvalue weighted by molar-refractivity contribution is 0.354. The molecular weight excluding hydrogens is 309 g/mol. The summed E-state index contributed by atoms with van der Waals surface area (Å²) in [6.07, 6.45) is 0.718. The summed E-state index contributed by atoms with van der Waals surface area (Å²) in [4.78, 5) is 0. The molecule has 2 aromatic rings. The summed E-state index contributed by atoms with van der Waals surface area (Å²) in [5.74, 6) is 1.39. The first-order valence-corrected chi connectivity index (χ1v) is 6.73. The number of hydrogen-bond acceptors (Lipinski definition) is 3. The van der Waals surface area contributed by atoms with Crippen molar-refractivity contribution in [3.05, 3.63) is 58.6 Å². The predicted octanol–water partition coefficient (Wildman–Crippen LogP) is 4.02. The summed E-state index contributed by atoms with van der Waals surface area (Å²) >= 11 is 5.98. The monoisotopic (exact) mass is 327 g/mol. The first-order valence-electron chi connectivity index (χ1n) is 6.36. The van der Waals surface area contributed by atoms with Crippen LogP contribution in [0.3, 0.4) is 0 Å². The van der Waals surface area contributed by atoms with Crippen LogP contribution in [0.5, 0.6) is 11.5 Å². The van der Waals surface area contributed by atoms with E-state index in [1.165, 1.54) is 0 Å². The second-order valence-electron chi connectivity index (χ2n) is 4.55. The van der Waals surface area contributed by atoms with Gasteiger partial charge in [0.25, 0.3) is 0 Å². The maximum absolute atomic E-state index is 6.25. The van der Waals surface area contributed by atoms with Crippen molar-refractivity contribution in [3.63, 3.8) is 0 Å². The summed E-state index contributed by atoms with van der Waals surface area (Å²) in [5, 5.41) is 0.724. The molecule has 0 fully saturated rings. The molecule has 0 radical (unpaired) electrons. The molecule has 0 saturated heterocycles. The minimum Gasteiger partial charge on any atom is -0.493 e. The van der Waals surface area contributed by atoms with Gasteiger partial charge in [-0.3, -0.25) is 0 Å². The Hall–Kier alpha value is -1.42. The average Bonchev–Trinajstić information content (AvgIpc) is 2.46. The van der Waals surface area contributed by atoms with E-state index in [4.69, 9.17) is 26.8 Å². The van der Waals surface area contributed by atoms with Crippen LogP contribution in [-0.4, -0.2) is 14.2 Å². The van der Waals surface area contributed by atoms with Crippen LogP contribution in [-0.2, 0) is 6.42 Å². The second-order valence-corrected chi connectivity index (χ2v) is 4.99. The lowest BCUT2D eigenvalue weighted by atomic mass is 9.99. The molecule has 0 aliphatic rings. The smallest absolute Gasteiger partial charge is 0.161 e. The van der Waals surface area contributed by atoms with Crippen molar-refractivity contribution in [2.24, 2.45) is 5.73 Å². The third-order valence-electron chi connectivity index (χ3n) is 3.18. The highest BCUT2D eigenvalue weighted by atomic mass is 35.5. The Kier molecular flexibility index (Phi) is 6.82. The van der Waals surface area contributed by atoms with Crippen LogP contribution in [0.4, 0.5) is 0 Å². The van der Waals surface area contributed by atoms with Crippen molar-refractivity contribution in [3.8, 4) is 11.5 Å². The Labute approximate surface area is 136 Å². The molecule has 2 N–H and O–H groups in total. The molecule has 2 aromatic carbocycles. The normalized spacial score (nSPS) is 11.4. The number of rotatable bonds is 5. The summed E-state index contributed by atoms with van der Waals surface area (Å²) < 4.78 is 10.5. The average molecular weight is 328 g/mol. The third-order valence-corrected chi connectivity index (χ3v) is 3.42. The van der Waals surface area contributed by atoms with Crippen LogP contribution >= 0.6 is 24.0 Å². The molecule has 0 aliphatic heterocycles. The lowest BCUT2D eigenvalue weighted by Crippen LogP contribution is -2.13. The SMILES string of the molecule is COc1ccc(C(N)Cc2cccc(Cl)c2)cc1OC.Cl. The van der Waals surface area contributed by atoms with Crippen molar-refractivity contribution >= 4 is 24.0 Å². The van der Waals surface area contributed by atoms with E-state index in [2.05, 4.69) is 0 Å². The Bertz CT molecular complexity index is 590. The molecule has 5 heteroatoms. The molecule has 0 heterocycles. The molecule has 1 unspecified atom stereocenters. The zero-order chi connectivity index (χ0) is 14.5. The minimum absolute atomic E-state index is 0. The Morgan fingerprint density at radius 3 is 2.38 bits per heavy atom. The van der Waals surface area contributed by atoms with Gasteiger partial charge in [-0.05, 0) is 41.8 Å². The summed E-state index contributed by atoms with van der Waals surface area (Å²) in [6, 6.07) is 13.4. The van der Waals surface area contributed by atoms with Crippen molar-refractivity contribution in [2.75, 3.05) is 14.2 Å². The first-order chi connectivity index (χ1) is 9.63. The number of ether oxygens (including phenoxy) is 2. The summed E-state index contributed by atoms with van der Waals surface area (Å²) in [7, 11) is 3.23. The molecular formula is C16H19Cl2NO2. The number of halogens is 2. The number of benzene rings is 2. The number of nitrogens with two attached hydrogens (primary N) is 1. The van der Waals surface area contributed by atoms with Gasteiger partial charge in [0, 0.05) is 11.1 Å². The van der Waals surface area contributed by atoms with E-state index >= 15 is 0 Å². The van der Waals surface area contributed by atoms with Crippen LogP contribution < -0.4 is 15.2 Å². The van der Waals surface area contributed by atoms with E-state index < -0.39 is 0 Å². The number of hydrogen-bond donors (Lipinski definition) is 1. The van der Waals surface area contributed by atoms with E-state index in [0.29, 0.717) is 11.5 Å². The molecule has 0 saturated carbocycles. The zero-order valence-electron chi connectivity index (χ0n) is 12.0. The molecule has 3 nitrogen and oxygen atoms in total. The standard InChI is InChI=1S/C16H18ClNO2.ClH/c1-19-15-7-6-12(10-16(15)20-2)14(18)9-11-4-3-5-13(17)8-11;/h3-8,10,14H,9,18H2,1-2H3;1H. The number of methoxy groups -OCH3 is 2.